The number of likely N-dealkylation sites (tertiary alicyclic amines) is 1. The fraction of sp³-hybridized carbons (Fsp3) is 0.933. The fourth-order valence-corrected chi connectivity index (χ4v) is 3.90. The van der Waals surface area contributed by atoms with Gasteiger partial charge in [-0.1, -0.05) is 19.3 Å². The highest BCUT2D eigenvalue weighted by molar-refractivity contribution is 5.85. The van der Waals surface area contributed by atoms with E-state index in [1.807, 2.05) is 0 Å². The van der Waals surface area contributed by atoms with Crippen LogP contribution in [0.4, 0.5) is 0 Å². The van der Waals surface area contributed by atoms with Crippen LogP contribution in [-0.4, -0.2) is 61.0 Å². The number of carbonyl (C=O) groups is 1. The maximum atomic E-state index is 12.5. The van der Waals surface area contributed by atoms with Crippen LogP contribution in [0, 0.1) is 5.92 Å². The molecule has 1 amide bonds. The van der Waals surface area contributed by atoms with Gasteiger partial charge in [0.2, 0.25) is 5.91 Å². The highest BCUT2D eigenvalue weighted by Crippen LogP contribution is 2.27. The van der Waals surface area contributed by atoms with Gasteiger partial charge in [0.15, 0.2) is 0 Å². The zero-order valence-electron chi connectivity index (χ0n) is 12.4. The third kappa shape index (κ3) is 3.66. The number of carbonyl (C=O) groups excluding carboxylic acids is 1. The van der Waals surface area contributed by atoms with Crippen molar-refractivity contribution in [1.29, 1.82) is 0 Å². The minimum atomic E-state index is 0. The molecular weight excluding hydrogens is 274 g/mol. The Morgan fingerprint density at radius 1 is 0.950 bits per heavy atom. The van der Waals surface area contributed by atoms with Crippen molar-refractivity contribution in [1.82, 2.24) is 15.1 Å². The van der Waals surface area contributed by atoms with Gasteiger partial charge in [0.05, 0.1) is 0 Å². The molecule has 3 aliphatic rings. The largest absolute Gasteiger partial charge is 0.341 e. The van der Waals surface area contributed by atoms with Gasteiger partial charge in [0, 0.05) is 51.2 Å². The molecule has 3 rings (SSSR count). The normalized spacial score (nSPS) is 29.2. The average molecular weight is 302 g/mol. The van der Waals surface area contributed by atoms with Crippen LogP contribution in [-0.2, 0) is 4.79 Å². The minimum absolute atomic E-state index is 0. The smallest absolute Gasteiger partial charge is 0.225 e. The number of hydrogen-bond acceptors (Lipinski definition) is 3. The number of rotatable bonds is 2. The SMILES string of the molecule is Cl.O=C(C1CCCCC1)N1CCC(N2CCNCC2)C1. The summed E-state index contributed by atoms with van der Waals surface area (Å²) in [6, 6.07) is 0.620. The Hall–Kier alpha value is -0.320. The van der Waals surface area contributed by atoms with Crippen LogP contribution in [0.1, 0.15) is 38.5 Å². The van der Waals surface area contributed by atoms with Gasteiger partial charge < -0.3 is 10.2 Å². The van der Waals surface area contributed by atoms with Gasteiger partial charge in [0.25, 0.3) is 0 Å². The fourth-order valence-electron chi connectivity index (χ4n) is 3.90. The highest BCUT2D eigenvalue weighted by atomic mass is 35.5. The molecule has 1 aliphatic carbocycles. The number of nitrogens with zero attached hydrogens (tertiary/aromatic N) is 2. The summed E-state index contributed by atoms with van der Waals surface area (Å²) >= 11 is 0. The third-order valence-corrected chi connectivity index (χ3v) is 5.10. The maximum Gasteiger partial charge on any atom is 0.225 e. The monoisotopic (exact) mass is 301 g/mol. The summed E-state index contributed by atoms with van der Waals surface area (Å²) in [6.07, 6.45) is 7.28. The van der Waals surface area contributed by atoms with Gasteiger partial charge in [-0.2, -0.15) is 0 Å². The summed E-state index contributed by atoms with van der Waals surface area (Å²) in [7, 11) is 0. The van der Waals surface area contributed by atoms with Crippen LogP contribution in [0.2, 0.25) is 0 Å². The lowest BCUT2D eigenvalue weighted by molar-refractivity contribution is -0.135. The first kappa shape index (κ1) is 16.1. The van der Waals surface area contributed by atoms with E-state index in [0.717, 1.165) is 52.1 Å². The summed E-state index contributed by atoms with van der Waals surface area (Å²) in [5.41, 5.74) is 0. The molecule has 4 nitrogen and oxygen atoms in total. The van der Waals surface area contributed by atoms with Crippen molar-refractivity contribution in [3.8, 4) is 0 Å². The second-order valence-electron chi connectivity index (χ2n) is 6.35. The van der Waals surface area contributed by atoms with Gasteiger partial charge in [-0.05, 0) is 19.3 Å². The average Bonchev–Trinajstić information content (AvgIpc) is 2.98. The molecular formula is C15H28ClN3O. The summed E-state index contributed by atoms with van der Waals surface area (Å²) in [6.45, 7) is 6.48. The standard InChI is InChI=1S/C15H27N3O.ClH/c19-15(13-4-2-1-3-5-13)18-9-6-14(12-18)17-10-7-16-8-11-17;/h13-14,16H,1-12H2;1H. The topological polar surface area (TPSA) is 35.6 Å². The number of amides is 1. The van der Waals surface area contributed by atoms with E-state index >= 15 is 0 Å². The first-order valence-corrected chi connectivity index (χ1v) is 8.08. The second-order valence-corrected chi connectivity index (χ2v) is 6.35. The van der Waals surface area contributed by atoms with E-state index in [1.165, 1.54) is 25.7 Å². The summed E-state index contributed by atoms with van der Waals surface area (Å²) in [4.78, 5) is 17.3. The van der Waals surface area contributed by atoms with Crippen molar-refractivity contribution in [3.05, 3.63) is 0 Å². The molecule has 0 bridgehead atoms. The molecule has 0 radical (unpaired) electrons. The second kappa shape index (κ2) is 7.62. The Morgan fingerprint density at radius 3 is 2.35 bits per heavy atom. The zero-order valence-corrected chi connectivity index (χ0v) is 13.2. The summed E-state index contributed by atoms with van der Waals surface area (Å²) < 4.78 is 0. The van der Waals surface area contributed by atoms with Gasteiger partial charge in [-0.3, -0.25) is 9.69 Å². The summed E-state index contributed by atoms with van der Waals surface area (Å²) in [5, 5.41) is 3.40. The first-order chi connectivity index (χ1) is 9.34. The van der Waals surface area contributed by atoms with Crippen LogP contribution in [0.5, 0.6) is 0 Å². The number of nitrogens with one attached hydrogen (secondary N) is 1. The minimum Gasteiger partial charge on any atom is -0.341 e. The molecule has 2 heterocycles. The predicted octanol–water partition coefficient (Wildman–Crippen LogP) is 1.49. The van der Waals surface area contributed by atoms with Gasteiger partial charge in [-0.15, -0.1) is 12.4 Å². The molecule has 0 aromatic rings. The van der Waals surface area contributed by atoms with Crippen molar-refractivity contribution in [3.63, 3.8) is 0 Å². The van der Waals surface area contributed by atoms with Crippen LogP contribution >= 0.6 is 12.4 Å². The molecule has 1 N–H and O–H groups in total. The van der Waals surface area contributed by atoms with Crippen LogP contribution in [0.3, 0.4) is 0 Å². The molecule has 5 heteroatoms. The quantitative estimate of drug-likeness (QED) is 0.839. The predicted molar refractivity (Wildman–Crippen MR) is 83.3 cm³/mol. The van der Waals surface area contributed by atoms with E-state index in [9.17, 15) is 4.79 Å². The van der Waals surface area contributed by atoms with E-state index in [4.69, 9.17) is 0 Å². The van der Waals surface area contributed by atoms with Crippen LogP contribution in [0.25, 0.3) is 0 Å². The number of piperazine rings is 1. The molecule has 0 aromatic heterocycles. The van der Waals surface area contributed by atoms with Gasteiger partial charge in [-0.25, -0.2) is 0 Å². The molecule has 2 aliphatic heterocycles. The van der Waals surface area contributed by atoms with Crippen LogP contribution in [0.15, 0.2) is 0 Å². The molecule has 2 saturated heterocycles. The Morgan fingerprint density at radius 2 is 1.65 bits per heavy atom. The molecule has 116 valence electrons. The van der Waals surface area contributed by atoms with E-state index in [2.05, 4.69) is 15.1 Å². The molecule has 1 saturated carbocycles. The lowest BCUT2D eigenvalue weighted by Crippen LogP contribution is -2.49. The highest BCUT2D eigenvalue weighted by Gasteiger charge is 2.34. The molecule has 0 spiro atoms. The maximum absolute atomic E-state index is 12.5. The number of hydrogen-bond donors (Lipinski definition) is 1. The Kier molecular flexibility index (Phi) is 6.12. The third-order valence-electron chi connectivity index (χ3n) is 5.10. The van der Waals surface area contributed by atoms with Crippen molar-refractivity contribution in [2.24, 2.45) is 5.92 Å². The molecule has 1 atom stereocenters. The van der Waals surface area contributed by atoms with Gasteiger partial charge in [0.1, 0.15) is 0 Å². The van der Waals surface area contributed by atoms with E-state index in [1.54, 1.807) is 0 Å². The van der Waals surface area contributed by atoms with E-state index in [0.29, 0.717) is 17.9 Å². The lowest BCUT2D eigenvalue weighted by Gasteiger charge is -2.33. The van der Waals surface area contributed by atoms with Crippen molar-refractivity contribution >= 4 is 18.3 Å². The van der Waals surface area contributed by atoms with Crippen molar-refractivity contribution < 1.29 is 4.79 Å². The summed E-state index contributed by atoms with van der Waals surface area (Å²) in [5.74, 6) is 0.799. The molecule has 0 aromatic carbocycles. The molecule has 3 fully saturated rings. The molecule has 20 heavy (non-hydrogen) atoms. The number of halogens is 1. The molecule has 1 unspecified atom stereocenters. The first-order valence-electron chi connectivity index (χ1n) is 8.08. The van der Waals surface area contributed by atoms with Gasteiger partial charge >= 0.3 is 0 Å². The lowest BCUT2D eigenvalue weighted by atomic mass is 9.88. The van der Waals surface area contributed by atoms with Crippen LogP contribution < -0.4 is 5.32 Å². The Bertz CT molecular complexity index is 314. The van der Waals surface area contributed by atoms with E-state index < -0.39 is 0 Å². The Balaban J connectivity index is 0.00000147. The van der Waals surface area contributed by atoms with Crippen molar-refractivity contribution in [2.75, 3.05) is 39.3 Å². The zero-order chi connectivity index (χ0) is 13.1. The van der Waals surface area contributed by atoms with Crippen molar-refractivity contribution in [2.45, 2.75) is 44.6 Å². The van der Waals surface area contributed by atoms with E-state index in [-0.39, 0.29) is 12.4 Å². The Labute approximate surface area is 128 Å².